The minimum absolute atomic E-state index is 0.404. The number of anilines is 2. The fourth-order valence-corrected chi connectivity index (χ4v) is 1.52. The van der Waals surface area contributed by atoms with E-state index in [0.29, 0.717) is 23.7 Å². The minimum Gasteiger partial charge on any atom is -0.494 e. The lowest BCUT2D eigenvalue weighted by Gasteiger charge is -2.30. The van der Waals surface area contributed by atoms with Crippen LogP contribution in [0.15, 0.2) is 18.2 Å². The number of hydrogen-bond acceptors (Lipinski definition) is 6. The molecule has 0 amide bonds. The van der Waals surface area contributed by atoms with E-state index in [2.05, 4.69) is 5.32 Å². The lowest BCUT2D eigenvalue weighted by atomic mass is 10.0. The normalized spacial score (nSPS) is 11.3. The summed E-state index contributed by atoms with van der Waals surface area (Å²) in [4.78, 5) is 0. The fourth-order valence-electron chi connectivity index (χ4n) is 1.52. The Hall–Kier alpha value is -1.50. The van der Waals surface area contributed by atoms with Gasteiger partial charge in [0.25, 0.3) is 0 Å². The van der Waals surface area contributed by atoms with E-state index in [1.165, 1.54) is 0 Å². The number of ether oxygens (including phenoxy) is 1. The van der Waals surface area contributed by atoms with Crippen LogP contribution in [0, 0.1) is 0 Å². The van der Waals surface area contributed by atoms with Gasteiger partial charge in [0.05, 0.1) is 26.4 Å². The molecule has 0 bridgehead atoms. The standard InChI is InChI=1S/C12H20N2O4/c1-2-18-11-4-9(13)3-10(5-11)14-12(6-15,7-16)8-17/h3-5,14-17H,2,6-8,13H2,1H3. The zero-order valence-corrected chi connectivity index (χ0v) is 10.4. The van der Waals surface area contributed by atoms with Crippen LogP contribution in [-0.2, 0) is 0 Å². The number of hydrogen-bond donors (Lipinski definition) is 5. The number of nitrogen functional groups attached to an aromatic ring is 1. The number of rotatable bonds is 7. The van der Waals surface area contributed by atoms with E-state index in [0.717, 1.165) is 0 Å². The molecule has 6 N–H and O–H groups in total. The highest BCUT2D eigenvalue weighted by Gasteiger charge is 2.27. The van der Waals surface area contributed by atoms with E-state index in [-0.39, 0.29) is 0 Å². The Morgan fingerprint density at radius 3 is 2.28 bits per heavy atom. The van der Waals surface area contributed by atoms with Crippen molar-refractivity contribution in [1.82, 2.24) is 0 Å². The van der Waals surface area contributed by atoms with Crippen LogP contribution in [0.2, 0.25) is 0 Å². The van der Waals surface area contributed by atoms with Crippen LogP contribution in [-0.4, -0.2) is 47.3 Å². The molecule has 1 aromatic carbocycles. The van der Waals surface area contributed by atoms with E-state index in [9.17, 15) is 15.3 Å². The molecular weight excluding hydrogens is 236 g/mol. The van der Waals surface area contributed by atoms with Crippen molar-refractivity contribution >= 4 is 11.4 Å². The quantitative estimate of drug-likeness (QED) is 0.432. The van der Waals surface area contributed by atoms with Crippen molar-refractivity contribution in [1.29, 1.82) is 0 Å². The summed E-state index contributed by atoms with van der Waals surface area (Å²) in [6.07, 6.45) is 0. The predicted molar refractivity (Wildman–Crippen MR) is 69.6 cm³/mol. The largest absolute Gasteiger partial charge is 0.494 e. The van der Waals surface area contributed by atoms with Gasteiger partial charge in [-0.05, 0) is 13.0 Å². The summed E-state index contributed by atoms with van der Waals surface area (Å²) in [5.74, 6) is 0.586. The van der Waals surface area contributed by atoms with E-state index in [1.807, 2.05) is 6.92 Å². The first-order chi connectivity index (χ1) is 8.59. The van der Waals surface area contributed by atoms with Gasteiger partial charge in [0.1, 0.15) is 11.3 Å². The van der Waals surface area contributed by atoms with E-state index < -0.39 is 25.4 Å². The molecule has 0 spiro atoms. The molecule has 0 aromatic heterocycles. The molecule has 0 saturated heterocycles. The van der Waals surface area contributed by atoms with Crippen LogP contribution in [0.3, 0.4) is 0 Å². The van der Waals surface area contributed by atoms with Crippen molar-refractivity contribution in [2.24, 2.45) is 0 Å². The molecule has 0 heterocycles. The topological polar surface area (TPSA) is 108 Å². The summed E-state index contributed by atoms with van der Waals surface area (Å²) in [5, 5.41) is 30.6. The van der Waals surface area contributed by atoms with Gasteiger partial charge in [-0.25, -0.2) is 0 Å². The first-order valence-corrected chi connectivity index (χ1v) is 5.73. The highest BCUT2D eigenvalue weighted by atomic mass is 16.5. The Balaban J connectivity index is 2.95. The number of benzene rings is 1. The molecule has 0 aliphatic rings. The predicted octanol–water partition coefficient (Wildman–Crippen LogP) is -0.205. The highest BCUT2D eigenvalue weighted by Crippen LogP contribution is 2.25. The minimum atomic E-state index is -1.18. The first kappa shape index (κ1) is 14.6. The molecule has 0 aliphatic heterocycles. The molecule has 1 rings (SSSR count). The van der Waals surface area contributed by atoms with E-state index in [1.54, 1.807) is 18.2 Å². The Kier molecular flexibility index (Phi) is 5.21. The zero-order valence-electron chi connectivity index (χ0n) is 10.4. The van der Waals surface area contributed by atoms with Gasteiger partial charge in [-0.1, -0.05) is 0 Å². The van der Waals surface area contributed by atoms with E-state index in [4.69, 9.17) is 10.5 Å². The Morgan fingerprint density at radius 1 is 1.17 bits per heavy atom. The van der Waals surface area contributed by atoms with Gasteiger partial charge in [-0.3, -0.25) is 0 Å². The molecule has 0 fully saturated rings. The summed E-state index contributed by atoms with van der Waals surface area (Å²) >= 11 is 0. The fraction of sp³-hybridized carbons (Fsp3) is 0.500. The molecule has 0 aliphatic carbocycles. The van der Waals surface area contributed by atoms with Crippen molar-refractivity contribution in [3.05, 3.63) is 18.2 Å². The van der Waals surface area contributed by atoms with Crippen molar-refractivity contribution < 1.29 is 20.1 Å². The summed E-state index contributed by atoms with van der Waals surface area (Å²) in [5.41, 5.74) is 5.60. The van der Waals surface area contributed by atoms with Crippen molar-refractivity contribution in [3.63, 3.8) is 0 Å². The van der Waals surface area contributed by atoms with Gasteiger partial charge in [-0.15, -0.1) is 0 Å². The third-order valence-corrected chi connectivity index (χ3v) is 2.56. The number of aliphatic hydroxyl groups excluding tert-OH is 3. The Bertz CT molecular complexity index is 372. The van der Waals surface area contributed by atoms with Gasteiger partial charge < -0.3 is 31.1 Å². The zero-order chi connectivity index (χ0) is 13.6. The molecule has 0 unspecified atom stereocenters. The van der Waals surface area contributed by atoms with Crippen LogP contribution < -0.4 is 15.8 Å². The third kappa shape index (κ3) is 3.49. The van der Waals surface area contributed by atoms with Crippen LogP contribution >= 0.6 is 0 Å². The number of nitrogens with two attached hydrogens (primary N) is 1. The molecule has 0 atom stereocenters. The van der Waals surface area contributed by atoms with Crippen LogP contribution in [0.25, 0.3) is 0 Å². The Morgan fingerprint density at radius 2 is 1.78 bits per heavy atom. The Labute approximate surface area is 106 Å². The lowest BCUT2D eigenvalue weighted by molar-refractivity contribution is 0.0833. The third-order valence-electron chi connectivity index (χ3n) is 2.56. The van der Waals surface area contributed by atoms with E-state index >= 15 is 0 Å². The maximum atomic E-state index is 9.23. The molecular formula is C12H20N2O4. The van der Waals surface area contributed by atoms with Gasteiger partial charge in [0.15, 0.2) is 0 Å². The maximum Gasteiger partial charge on any atom is 0.123 e. The summed E-state index contributed by atoms with van der Waals surface area (Å²) in [7, 11) is 0. The second-order valence-electron chi connectivity index (χ2n) is 4.10. The van der Waals surface area contributed by atoms with Gasteiger partial charge >= 0.3 is 0 Å². The highest BCUT2D eigenvalue weighted by molar-refractivity contribution is 5.60. The molecule has 18 heavy (non-hydrogen) atoms. The average molecular weight is 256 g/mol. The second kappa shape index (κ2) is 6.44. The summed E-state index contributed by atoms with van der Waals surface area (Å²) in [6, 6.07) is 5.00. The molecule has 1 aromatic rings. The van der Waals surface area contributed by atoms with Crippen LogP contribution in [0.4, 0.5) is 11.4 Å². The molecule has 0 saturated carbocycles. The SMILES string of the molecule is CCOc1cc(N)cc(NC(CO)(CO)CO)c1. The van der Waals surface area contributed by atoms with Crippen molar-refractivity contribution in [2.45, 2.75) is 12.5 Å². The summed E-state index contributed by atoms with van der Waals surface area (Å²) in [6.45, 7) is 1.15. The molecule has 102 valence electrons. The van der Waals surface area contributed by atoms with Gasteiger partial charge in [0.2, 0.25) is 0 Å². The number of nitrogens with one attached hydrogen (secondary N) is 1. The first-order valence-electron chi connectivity index (χ1n) is 5.73. The number of aliphatic hydroxyl groups is 3. The second-order valence-corrected chi connectivity index (χ2v) is 4.10. The van der Waals surface area contributed by atoms with Gasteiger partial charge in [0, 0.05) is 23.5 Å². The van der Waals surface area contributed by atoms with Crippen LogP contribution in [0.5, 0.6) is 5.75 Å². The van der Waals surface area contributed by atoms with Crippen molar-refractivity contribution in [3.8, 4) is 5.75 Å². The maximum absolute atomic E-state index is 9.23. The lowest BCUT2D eigenvalue weighted by Crippen LogP contribution is -2.49. The average Bonchev–Trinajstić information content (AvgIpc) is 2.36. The molecule has 6 heteroatoms. The van der Waals surface area contributed by atoms with Gasteiger partial charge in [-0.2, -0.15) is 0 Å². The monoisotopic (exact) mass is 256 g/mol. The van der Waals surface area contributed by atoms with Crippen LogP contribution in [0.1, 0.15) is 6.92 Å². The smallest absolute Gasteiger partial charge is 0.123 e. The summed E-state index contributed by atoms with van der Waals surface area (Å²) < 4.78 is 5.34. The van der Waals surface area contributed by atoms with Crippen molar-refractivity contribution in [2.75, 3.05) is 37.5 Å². The molecule has 6 nitrogen and oxygen atoms in total. The molecule has 0 radical (unpaired) electrons.